The molecule has 19 heavy (non-hydrogen) atoms. The number of carbonyl (C=O) groups excluding carboxylic acids is 4. The Bertz CT molecular complexity index is 479. The lowest BCUT2D eigenvalue weighted by atomic mass is 10.0. The molecule has 1 spiro atoms. The van der Waals surface area contributed by atoms with Crippen LogP contribution in [0, 0.1) is 11.3 Å². The van der Waals surface area contributed by atoms with Gasteiger partial charge in [0, 0.05) is 19.0 Å². The van der Waals surface area contributed by atoms with Crippen molar-refractivity contribution in [3.05, 3.63) is 0 Å². The molecule has 2 aliphatic carbocycles. The Morgan fingerprint density at radius 3 is 2.58 bits per heavy atom. The third-order valence-electron chi connectivity index (χ3n) is 3.89. The normalized spacial score (nSPS) is 24.4. The van der Waals surface area contributed by atoms with Crippen molar-refractivity contribution >= 4 is 23.8 Å². The lowest BCUT2D eigenvalue weighted by Gasteiger charge is -2.30. The zero-order chi connectivity index (χ0) is 13.6. The number of nitrogens with zero attached hydrogens (tertiary/aromatic N) is 1. The van der Waals surface area contributed by atoms with Crippen molar-refractivity contribution in [2.75, 3.05) is 13.1 Å². The molecule has 1 aliphatic heterocycles. The smallest absolute Gasteiger partial charge is 0.330 e. The second-order valence-corrected chi connectivity index (χ2v) is 5.36. The van der Waals surface area contributed by atoms with E-state index in [9.17, 15) is 19.2 Å². The van der Waals surface area contributed by atoms with Gasteiger partial charge in [-0.15, -0.1) is 0 Å². The number of hydrogen-bond donors (Lipinski definition) is 2. The quantitative estimate of drug-likeness (QED) is 0.662. The fourth-order valence-corrected chi connectivity index (χ4v) is 2.28. The van der Waals surface area contributed by atoms with Gasteiger partial charge in [0.1, 0.15) is 5.41 Å². The Hall–Kier alpha value is -1.92. The Labute approximate surface area is 109 Å². The molecule has 0 radical (unpaired) electrons. The van der Waals surface area contributed by atoms with Crippen LogP contribution in [0.2, 0.25) is 0 Å². The van der Waals surface area contributed by atoms with Gasteiger partial charge in [-0.25, -0.2) is 4.79 Å². The highest BCUT2D eigenvalue weighted by atomic mass is 16.2. The number of hydrogen-bond acceptors (Lipinski definition) is 4. The van der Waals surface area contributed by atoms with Crippen LogP contribution in [0.4, 0.5) is 4.79 Å². The first kappa shape index (κ1) is 12.1. The zero-order valence-electron chi connectivity index (χ0n) is 10.4. The van der Waals surface area contributed by atoms with Crippen molar-refractivity contribution in [2.45, 2.75) is 25.7 Å². The molecular weight excluding hydrogens is 250 g/mol. The fourth-order valence-electron chi connectivity index (χ4n) is 2.28. The summed E-state index contributed by atoms with van der Waals surface area (Å²) in [7, 11) is 0. The molecule has 5 amide bonds. The average molecular weight is 265 g/mol. The molecule has 3 rings (SSSR count). The molecule has 7 heteroatoms. The Morgan fingerprint density at radius 2 is 2.00 bits per heavy atom. The summed E-state index contributed by atoms with van der Waals surface area (Å²) >= 11 is 0. The third-order valence-corrected chi connectivity index (χ3v) is 3.89. The minimum Gasteiger partial charge on any atom is -0.354 e. The predicted octanol–water partition coefficient (Wildman–Crippen LogP) is -0.629. The van der Waals surface area contributed by atoms with Crippen molar-refractivity contribution < 1.29 is 19.2 Å². The maximum absolute atomic E-state index is 12.1. The highest BCUT2D eigenvalue weighted by molar-refractivity contribution is 6.20. The summed E-state index contributed by atoms with van der Waals surface area (Å²) in [6, 6.07) is -0.687. The number of nitrogens with one attached hydrogen (secondary N) is 2. The highest BCUT2D eigenvalue weighted by Gasteiger charge is 2.62. The number of rotatable bonds is 4. The van der Waals surface area contributed by atoms with Gasteiger partial charge in [0.25, 0.3) is 0 Å². The van der Waals surface area contributed by atoms with E-state index >= 15 is 0 Å². The summed E-state index contributed by atoms with van der Waals surface area (Å²) in [5, 5.41) is 4.89. The van der Waals surface area contributed by atoms with Crippen molar-refractivity contribution in [1.82, 2.24) is 15.5 Å². The van der Waals surface area contributed by atoms with Crippen LogP contribution in [0.5, 0.6) is 0 Å². The molecule has 7 nitrogen and oxygen atoms in total. The van der Waals surface area contributed by atoms with Gasteiger partial charge in [0.05, 0.1) is 0 Å². The van der Waals surface area contributed by atoms with Gasteiger partial charge >= 0.3 is 6.03 Å². The number of imide groups is 2. The van der Waals surface area contributed by atoms with Crippen molar-refractivity contribution in [3.8, 4) is 0 Å². The second-order valence-electron chi connectivity index (χ2n) is 5.36. The van der Waals surface area contributed by atoms with Gasteiger partial charge in [-0.3, -0.25) is 24.6 Å². The summed E-state index contributed by atoms with van der Waals surface area (Å²) in [4.78, 5) is 47.7. The first-order valence-corrected chi connectivity index (χ1v) is 6.50. The Balaban J connectivity index is 1.57. The molecule has 0 unspecified atom stereocenters. The topological polar surface area (TPSA) is 95.6 Å². The Kier molecular flexibility index (Phi) is 2.58. The molecule has 0 aromatic heterocycles. The van der Waals surface area contributed by atoms with E-state index in [1.165, 1.54) is 0 Å². The average Bonchev–Trinajstić information content (AvgIpc) is 3.25. The molecule has 1 saturated heterocycles. The van der Waals surface area contributed by atoms with Crippen molar-refractivity contribution in [2.24, 2.45) is 11.3 Å². The maximum atomic E-state index is 12.1. The second kappa shape index (κ2) is 4.04. The van der Waals surface area contributed by atoms with Gasteiger partial charge in [0.15, 0.2) is 0 Å². The molecule has 2 saturated carbocycles. The lowest BCUT2D eigenvalue weighted by Crippen LogP contribution is -2.60. The predicted molar refractivity (Wildman–Crippen MR) is 62.7 cm³/mol. The number of urea groups is 1. The van der Waals surface area contributed by atoms with Crippen LogP contribution < -0.4 is 10.6 Å². The standard InChI is InChI=1S/C12H15N3O4/c16-8(7-1-2-7)13-5-6-15-10(18)12(3-4-12)9(17)14-11(15)19/h7H,1-6H2,(H,13,16)(H,14,17,19). The lowest BCUT2D eigenvalue weighted by molar-refractivity contribution is -0.144. The number of amides is 5. The zero-order valence-corrected chi connectivity index (χ0v) is 10.4. The molecule has 0 atom stereocenters. The van der Waals surface area contributed by atoms with E-state index in [1.54, 1.807) is 0 Å². The van der Waals surface area contributed by atoms with Gasteiger partial charge < -0.3 is 5.32 Å². The molecule has 3 aliphatic rings. The molecule has 1 heterocycles. The molecule has 2 N–H and O–H groups in total. The molecule has 0 bridgehead atoms. The molecule has 0 aromatic carbocycles. The van der Waals surface area contributed by atoms with Gasteiger partial charge in [-0.1, -0.05) is 0 Å². The van der Waals surface area contributed by atoms with Crippen LogP contribution >= 0.6 is 0 Å². The number of barbiturate groups is 1. The highest BCUT2D eigenvalue weighted by Crippen LogP contribution is 2.48. The first-order valence-electron chi connectivity index (χ1n) is 6.50. The Morgan fingerprint density at radius 1 is 1.32 bits per heavy atom. The SMILES string of the molecule is O=C(NCCN1C(=O)NC(=O)C2(CC2)C1=O)C1CC1. The van der Waals surface area contributed by atoms with E-state index in [2.05, 4.69) is 10.6 Å². The van der Waals surface area contributed by atoms with Crippen LogP contribution in [-0.4, -0.2) is 41.7 Å². The molecule has 3 fully saturated rings. The van der Waals surface area contributed by atoms with Gasteiger partial charge in [0.2, 0.25) is 17.7 Å². The van der Waals surface area contributed by atoms with Crippen LogP contribution in [0.15, 0.2) is 0 Å². The monoisotopic (exact) mass is 265 g/mol. The summed E-state index contributed by atoms with van der Waals surface area (Å²) in [5.41, 5.74) is -1.01. The third kappa shape index (κ3) is 1.98. The fraction of sp³-hybridized carbons (Fsp3) is 0.667. The largest absolute Gasteiger partial charge is 0.354 e. The van der Waals surface area contributed by atoms with Crippen molar-refractivity contribution in [3.63, 3.8) is 0 Å². The van der Waals surface area contributed by atoms with E-state index in [4.69, 9.17) is 0 Å². The van der Waals surface area contributed by atoms with Gasteiger partial charge in [-0.05, 0) is 25.7 Å². The maximum Gasteiger partial charge on any atom is 0.330 e. The van der Waals surface area contributed by atoms with Crippen LogP contribution in [0.25, 0.3) is 0 Å². The first-order chi connectivity index (χ1) is 9.04. The number of carbonyl (C=O) groups is 4. The molecular formula is C12H15N3O4. The van der Waals surface area contributed by atoms with E-state index in [0.717, 1.165) is 17.7 Å². The van der Waals surface area contributed by atoms with Crippen LogP contribution in [-0.2, 0) is 14.4 Å². The minimum atomic E-state index is -1.01. The van der Waals surface area contributed by atoms with E-state index in [-0.39, 0.29) is 24.9 Å². The summed E-state index contributed by atoms with van der Waals surface area (Å²) in [6.07, 6.45) is 2.81. The van der Waals surface area contributed by atoms with Crippen LogP contribution in [0.1, 0.15) is 25.7 Å². The summed E-state index contributed by atoms with van der Waals surface area (Å²) in [6.45, 7) is 0.344. The van der Waals surface area contributed by atoms with E-state index < -0.39 is 23.3 Å². The van der Waals surface area contributed by atoms with E-state index in [1.807, 2.05) is 0 Å². The van der Waals surface area contributed by atoms with Crippen molar-refractivity contribution in [1.29, 1.82) is 0 Å². The van der Waals surface area contributed by atoms with Gasteiger partial charge in [-0.2, -0.15) is 0 Å². The molecule has 102 valence electrons. The van der Waals surface area contributed by atoms with E-state index in [0.29, 0.717) is 12.8 Å². The summed E-state index contributed by atoms with van der Waals surface area (Å²) < 4.78 is 0. The minimum absolute atomic E-state index is 0.0259. The molecule has 0 aromatic rings. The van der Waals surface area contributed by atoms with Crippen LogP contribution in [0.3, 0.4) is 0 Å². The summed E-state index contributed by atoms with van der Waals surface area (Å²) in [5.74, 6) is -0.841.